The zero-order chi connectivity index (χ0) is 24.3. The molecule has 0 saturated carbocycles. The highest BCUT2D eigenvalue weighted by atomic mass is 32.2. The third-order valence-electron chi connectivity index (χ3n) is 5.43. The lowest BCUT2D eigenvalue weighted by molar-refractivity contribution is -0.119. The van der Waals surface area contributed by atoms with Crippen LogP contribution in [0, 0.1) is 13.8 Å². The lowest BCUT2D eigenvalue weighted by atomic mass is 10.2. The van der Waals surface area contributed by atoms with Gasteiger partial charge < -0.3 is 15.5 Å². The zero-order valence-electron chi connectivity index (χ0n) is 19.4. The number of piperazine rings is 1. The van der Waals surface area contributed by atoms with E-state index in [0.717, 1.165) is 16.3 Å². The number of carbonyl (C=O) groups is 1. The van der Waals surface area contributed by atoms with Crippen molar-refractivity contribution in [3.8, 4) is 0 Å². The number of benzene rings is 1. The summed E-state index contributed by atoms with van der Waals surface area (Å²) in [6.07, 6.45) is 0. The monoisotopic (exact) mass is 500 g/mol. The van der Waals surface area contributed by atoms with Crippen molar-refractivity contribution in [2.75, 3.05) is 36.4 Å². The van der Waals surface area contributed by atoms with Crippen LogP contribution in [0.3, 0.4) is 0 Å². The molecule has 11 heteroatoms. The van der Waals surface area contributed by atoms with Crippen molar-refractivity contribution >= 4 is 44.7 Å². The number of sulfonamides is 1. The minimum Gasteiger partial charge on any atom is -0.351 e. The van der Waals surface area contributed by atoms with E-state index < -0.39 is 10.0 Å². The van der Waals surface area contributed by atoms with Gasteiger partial charge in [-0.15, -0.1) is 11.3 Å². The number of carbonyl (C=O) groups excluding carboxylic acids is 1. The van der Waals surface area contributed by atoms with Crippen molar-refractivity contribution in [1.29, 1.82) is 0 Å². The van der Waals surface area contributed by atoms with Gasteiger partial charge in [-0.25, -0.2) is 13.4 Å². The number of amides is 1. The molecule has 1 aromatic carbocycles. The number of rotatable bonds is 7. The number of hydrogen-bond donors (Lipinski definition) is 2. The Hall–Kier alpha value is -3.02. The summed E-state index contributed by atoms with van der Waals surface area (Å²) in [5, 5.41) is 6.01. The van der Waals surface area contributed by atoms with Gasteiger partial charge in [-0.1, -0.05) is 17.7 Å². The van der Waals surface area contributed by atoms with Crippen LogP contribution in [0.1, 0.15) is 23.1 Å². The van der Waals surface area contributed by atoms with Gasteiger partial charge in [-0.2, -0.15) is 9.29 Å². The van der Waals surface area contributed by atoms with Crippen LogP contribution in [0.15, 0.2) is 46.7 Å². The van der Waals surface area contributed by atoms with E-state index in [9.17, 15) is 13.2 Å². The first kappa shape index (κ1) is 24.1. The van der Waals surface area contributed by atoms with Gasteiger partial charge in [0.25, 0.3) is 10.0 Å². The molecular formula is C23H28N6O3S2. The summed E-state index contributed by atoms with van der Waals surface area (Å²) in [6.45, 7) is 7.41. The zero-order valence-corrected chi connectivity index (χ0v) is 21.0. The van der Waals surface area contributed by atoms with Crippen molar-refractivity contribution in [3.63, 3.8) is 0 Å². The maximum atomic E-state index is 13.1. The van der Waals surface area contributed by atoms with Crippen LogP contribution < -0.4 is 15.5 Å². The third kappa shape index (κ3) is 5.72. The van der Waals surface area contributed by atoms with E-state index in [-0.39, 0.29) is 10.1 Å². The van der Waals surface area contributed by atoms with E-state index >= 15 is 0 Å². The highest BCUT2D eigenvalue weighted by Gasteiger charge is 2.30. The number of aromatic nitrogens is 2. The number of thiophene rings is 1. The molecule has 0 atom stereocenters. The second-order valence-electron chi connectivity index (χ2n) is 8.21. The first-order valence-electron chi connectivity index (χ1n) is 11.0. The van der Waals surface area contributed by atoms with Gasteiger partial charge in [-0.3, -0.25) is 4.79 Å². The fourth-order valence-corrected chi connectivity index (χ4v) is 6.47. The maximum absolute atomic E-state index is 13.1. The molecule has 0 unspecified atom stereocenters. The third-order valence-corrected chi connectivity index (χ3v) is 8.88. The lowest BCUT2D eigenvalue weighted by Crippen LogP contribution is -2.49. The minimum atomic E-state index is -3.59. The molecule has 0 radical (unpaired) electrons. The average molecular weight is 501 g/mol. The quantitative estimate of drug-likeness (QED) is 0.513. The summed E-state index contributed by atoms with van der Waals surface area (Å²) in [6, 6.07) is 13.3. The van der Waals surface area contributed by atoms with Crippen LogP contribution in [-0.4, -0.2) is 54.8 Å². The SMILES string of the molecule is CC(=O)NCc1ccc(S(=O)(=O)N2CCN(c3nc(C)cc(Nc4ccc(C)cc4)n3)CC2)s1. The molecule has 0 spiro atoms. The van der Waals surface area contributed by atoms with Gasteiger partial charge in [0.1, 0.15) is 10.0 Å². The predicted octanol–water partition coefficient (Wildman–Crippen LogP) is 3.05. The first-order chi connectivity index (χ1) is 16.2. The molecule has 4 rings (SSSR count). The van der Waals surface area contributed by atoms with E-state index in [1.165, 1.54) is 28.1 Å². The highest BCUT2D eigenvalue weighted by Crippen LogP contribution is 2.27. The molecule has 1 fully saturated rings. The van der Waals surface area contributed by atoms with Crippen LogP contribution in [-0.2, 0) is 21.4 Å². The van der Waals surface area contributed by atoms with Crippen molar-refractivity contribution < 1.29 is 13.2 Å². The molecule has 3 heterocycles. The molecule has 0 aliphatic carbocycles. The van der Waals surface area contributed by atoms with Crippen LogP contribution in [0.4, 0.5) is 17.5 Å². The van der Waals surface area contributed by atoms with Gasteiger partial charge in [-0.05, 0) is 38.1 Å². The summed E-state index contributed by atoms with van der Waals surface area (Å²) in [4.78, 5) is 23.2. The van der Waals surface area contributed by atoms with E-state index in [1.54, 1.807) is 12.1 Å². The Kier molecular flexibility index (Phi) is 7.15. The van der Waals surface area contributed by atoms with Crippen molar-refractivity contribution in [2.24, 2.45) is 0 Å². The van der Waals surface area contributed by atoms with E-state index in [1.807, 2.05) is 49.1 Å². The van der Waals surface area contributed by atoms with Crippen LogP contribution in [0.25, 0.3) is 0 Å². The van der Waals surface area contributed by atoms with E-state index in [0.29, 0.717) is 44.5 Å². The summed E-state index contributed by atoms with van der Waals surface area (Å²) in [5.41, 5.74) is 2.96. The van der Waals surface area contributed by atoms with Crippen LogP contribution >= 0.6 is 11.3 Å². The molecule has 9 nitrogen and oxygen atoms in total. The van der Waals surface area contributed by atoms with Crippen LogP contribution in [0.5, 0.6) is 0 Å². The Bertz CT molecular complexity index is 1270. The Labute approximate surface area is 203 Å². The Morgan fingerprint density at radius 3 is 2.41 bits per heavy atom. The number of anilines is 3. The smallest absolute Gasteiger partial charge is 0.252 e. The molecule has 1 saturated heterocycles. The second kappa shape index (κ2) is 10.1. The van der Waals surface area contributed by atoms with Crippen LogP contribution in [0.2, 0.25) is 0 Å². The number of hydrogen-bond acceptors (Lipinski definition) is 8. The normalized spacial score (nSPS) is 14.7. The highest BCUT2D eigenvalue weighted by molar-refractivity contribution is 7.91. The van der Waals surface area contributed by atoms with E-state index in [4.69, 9.17) is 0 Å². The Morgan fingerprint density at radius 2 is 1.74 bits per heavy atom. The molecule has 1 aliphatic heterocycles. The van der Waals surface area contributed by atoms with Gasteiger partial charge in [0.05, 0.1) is 6.54 Å². The van der Waals surface area contributed by atoms with E-state index in [2.05, 4.69) is 20.6 Å². The topological polar surface area (TPSA) is 108 Å². The fraction of sp³-hybridized carbons (Fsp3) is 0.348. The lowest BCUT2D eigenvalue weighted by Gasteiger charge is -2.33. The number of aryl methyl sites for hydroxylation is 2. The molecule has 180 valence electrons. The average Bonchev–Trinajstić information content (AvgIpc) is 3.29. The summed E-state index contributed by atoms with van der Waals surface area (Å²) in [7, 11) is -3.59. The molecule has 1 amide bonds. The number of nitrogens with one attached hydrogen (secondary N) is 2. The second-order valence-corrected chi connectivity index (χ2v) is 11.5. The van der Waals surface area contributed by atoms with Crippen molar-refractivity contribution in [1.82, 2.24) is 19.6 Å². The minimum absolute atomic E-state index is 0.149. The van der Waals surface area contributed by atoms with Crippen molar-refractivity contribution in [3.05, 3.63) is 58.6 Å². The van der Waals surface area contributed by atoms with Gasteiger partial charge in [0.15, 0.2) is 0 Å². The molecule has 1 aliphatic rings. The van der Waals surface area contributed by atoms with Gasteiger partial charge >= 0.3 is 0 Å². The van der Waals surface area contributed by atoms with Crippen molar-refractivity contribution in [2.45, 2.75) is 31.5 Å². The molecular weight excluding hydrogens is 472 g/mol. The standard InChI is InChI=1S/C23H28N6O3S2/c1-16-4-6-19(7-5-16)26-21-14-17(2)25-23(27-21)28-10-12-29(13-11-28)34(31,32)22-9-8-20(33-22)15-24-18(3)30/h4-9,14H,10-13,15H2,1-3H3,(H,24,30)(H,25,26,27). The maximum Gasteiger partial charge on any atom is 0.252 e. The summed E-state index contributed by atoms with van der Waals surface area (Å²) >= 11 is 1.19. The largest absolute Gasteiger partial charge is 0.351 e. The molecule has 3 aromatic rings. The Balaban J connectivity index is 1.41. The molecule has 2 aromatic heterocycles. The fourth-order valence-electron chi connectivity index (χ4n) is 3.60. The number of nitrogens with zero attached hydrogens (tertiary/aromatic N) is 4. The van der Waals surface area contributed by atoms with Gasteiger partial charge in [0.2, 0.25) is 11.9 Å². The molecule has 0 bridgehead atoms. The van der Waals surface area contributed by atoms with Gasteiger partial charge in [0, 0.05) is 55.4 Å². The molecule has 34 heavy (non-hydrogen) atoms. The summed E-state index contributed by atoms with van der Waals surface area (Å²) < 4.78 is 28.0. The summed E-state index contributed by atoms with van der Waals surface area (Å²) in [5.74, 6) is 1.14. The molecule has 2 N–H and O–H groups in total. The first-order valence-corrected chi connectivity index (χ1v) is 13.2. The predicted molar refractivity (Wildman–Crippen MR) is 134 cm³/mol. The Morgan fingerprint density at radius 1 is 1.03 bits per heavy atom.